The third kappa shape index (κ3) is 7.36. The number of nitrogens with two attached hydrogens (primary N) is 1. The largest absolute Gasteiger partial charge is 0.480 e. The molecule has 0 aromatic heterocycles. The average molecular weight is 433 g/mol. The first-order valence-electron chi connectivity index (χ1n) is 10.6. The smallest absolute Gasteiger partial charge is 0.326 e. The Kier molecular flexibility index (Phi) is 8.99. The Labute approximate surface area is 182 Å². The van der Waals surface area contributed by atoms with Crippen molar-refractivity contribution in [1.82, 2.24) is 15.5 Å². The number of carboxylic acid groups (broad SMARTS) is 1. The first kappa shape index (κ1) is 24.3. The van der Waals surface area contributed by atoms with Gasteiger partial charge in [-0.3, -0.25) is 14.4 Å². The monoisotopic (exact) mass is 432 g/mol. The number of hydrogen-bond donors (Lipinski definition) is 4. The van der Waals surface area contributed by atoms with Crippen LogP contribution in [0.25, 0.3) is 0 Å². The maximum Gasteiger partial charge on any atom is 0.326 e. The first-order chi connectivity index (χ1) is 14.7. The van der Waals surface area contributed by atoms with Gasteiger partial charge in [0.2, 0.25) is 17.7 Å². The molecule has 1 heterocycles. The molecule has 3 amide bonds. The number of carbonyl (C=O) groups excluding carboxylic acids is 3. The Bertz CT molecular complexity index is 783. The second-order valence-electron chi connectivity index (χ2n) is 8.29. The van der Waals surface area contributed by atoms with Crippen LogP contribution in [0.2, 0.25) is 0 Å². The molecule has 0 bridgehead atoms. The first-order valence-corrected chi connectivity index (χ1v) is 10.6. The van der Waals surface area contributed by atoms with Crippen LogP contribution in [0.5, 0.6) is 0 Å². The molecule has 0 saturated carbocycles. The van der Waals surface area contributed by atoms with Gasteiger partial charge in [0.25, 0.3) is 0 Å². The summed E-state index contributed by atoms with van der Waals surface area (Å²) in [5, 5.41) is 14.5. The molecular weight excluding hydrogens is 400 g/mol. The van der Waals surface area contributed by atoms with Crippen LogP contribution in [0.3, 0.4) is 0 Å². The number of likely N-dealkylation sites (tertiary alicyclic amines) is 1. The van der Waals surface area contributed by atoms with Gasteiger partial charge < -0.3 is 26.4 Å². The molecule has 9 heteroatoms. The summed E-state index contributed by atoms with van der Waals surface area (Å²) in [4.78, 5) is 50.3. The van der Waals surface area contributed by atoms with E-state index in [-0.39, 0.29) is 12.5 Å². The molecule has 3 unspecified atom stereocenters. The van der Waals surface area contributed by atoms with Gasteiger partial charge in [0.05, 0.1) is 12.6 Å². The second kappa shape index (κ2) is 11.5. The topological polar surface area (TPSA) is 142 Å². The summed E-state index contributed by atoms with van der Waals surface area (Å²) in [7, 11) is 0. The van der Waals surface area contributed by atoms with Crippen LogP contribution < -0.4 is 16.4 Å². The highest BCUT2D eigenvalue weighted by atomic mass is 16.4. The lowest BCUT2D eigenvalue weighted by atomic mass is 10.0. The molecule has 1 fully saturated rings. The Balaban J connectivity index is 1.90. The van der Waals surface area contributed by atoms with Gasteiger partial charge in [-0.1, -0.05) is 44.2 Å². The van der Waals surface area contributed by atoms with Gasteiger partial charge in [-0.15, -0.1) is 0 Å². The van der Waals surface area contributed by atoms with Gasteiger partial charge >= 0.3 is 5.97 Å². The van der Waals surface area contributed by atoms with Crippen molar-refractivity contribution in [3.8, 4) is 0 Å². The number of hydrogen-bond acceptors (Lipinski definition) is 5. The third-order valence-corrected chi connectivity index (χ3v) is 5.22. The molecule has 170 valence electrons. The van der Waals surface area contributed by atoms with Gasteiger partial charge in [0.1, 0.15) is 12.1 Å². The molecule has 0 aliphatic carbocycles. The lowest BCUT2D eigenvalue weighted by Gasteiger charge is -2.28. The van der Waals surface area contributed by atoms with E-state index in [1.807, 2.05) is 44.2 Å². The van der Waals surface area contributed by atoms with E-state index in [1.54, 1.807) is 0 Å². The van der Waals surface area contributed by atoms with Crippen molar-refractivity contribution in [2.75, 3.05) is 13.1 Å². The normalized spacial score (nSPS) is 17.8. The van der Waals surface area contributed by atoms with Crippen LogP contribution in [0, 0.1) is 5.92 Å². The van der Waals surface area contributed by atoms with Crippen molar-refractivity contribution in [2.45, 2.75) is 57.7 Å². The zero-order valence-corrected chi connectivity index (χ0v) is 18.0. The summed E-state index contributed by atoms with van der Waals surface area (Å²) in [5.74, 6) is -2.32. The van der Waals surface area contributed by atoms with Crippen LogP contribution >= 0.6 is 0 Å². The highest BCUT2D eigenvalue weighted by molar-refractivity contribution is 5.92. The molecule has 2 rings (SSSR count). The van der Waals surface area contributed by atoms with E-state index in [1.165, 1.54) is 4.90 Å². The predicted molar refractivity (Wildman–Crippen MR) is 115 cm³/mol. The maximum atomic E-state index is 12.9. The van der Waals surface area contributed by atoms with E-state index >= 15 is 0 Å². The number of aliphatic carboxylic acids is 1. The Morgan fingerprint density at radius 2 is 1.87 bits per heavy atom. The number of carbonyl (C=O) groups is 4. The van der Waals surface area contributed by atoms with Crippen LogP contribution in [-0.2, 0) is 25.6 Å². The quantitative estimate of drug-likeness (QED) is 0.418. The number of amides is 3. The average Bonchev–Trinajstić information content (AvgIpc) is 3.21. The van der Waals surface area contributed by atoms with Crippen LogP contribution in [0.4, 0.5) is 0 Å². The molecule has 1 aromatic rings. The predicted octanol–water partition coefficient (Wildman–Crippen LogP) is 0.279. The second-order valence-corrected chi connectivity index (χ2v) is 8.29. The van der Waals surface area contributed by atoms with Gasteiger partial charge in [-0.2, -0.15) is 0 Å². The number of rotatable bonds is 10. The van der Waals surface area contributed by atoms with Crippen molar-refractivity contribution < 1.29 is 24.3 Å². The third-order valence-electron chi connectivity index (χ3n) is 5.22. The maximum absolute atomic E-state index is 12.9. The standard InChI is InChI=1S/C22H32N4O5/c1-14(2)11-17(21(29)26-10-6-9-18(26)22(30)31)25-19(27)13-24-20(28)16(23)12-15-7-4-3-5-8-15/h3-5,7-8,14,16-18H,6,9-13,23H2,1-2H3,(H,24,28)(H,25,27)(H,30,31). The van der Waals surface area contributed by atoms with Crippen LogP contribution in [0.15, 0.2) is 30.3 Å². The van der Waals surface area contributed by atoms with Gasteiger partial charge in [-0.05, 0) is 37.2 Å². The molecular formula is C22H32N4O5. The number of carboxylic acids is 1. The molecule has 5 N–H and O–H groups in total. The lowest BCUT2D eigenvalue weighted by molar-refractivity contribution is -0.149. The minimum atomic E-state index is -1.04. The molecule has 1 saturated heterocycles. The van der Waals surface area contributed by atoms with E-state index in [2.05, 4.69) is 10.6 Å². The van der Waals surface area contributed by atoms with Crippen LogP contribution in [0.1, 0.15) is 38.7 Å². The van der Waals surface area contributed by atoms with Crippen molar-refractivity contribution in [1.29, 1.82) is 0 Å². The molecule has 3 atom stereocenters. The highest BCUT2D eigenvalue weighted by Gasteiger charge is 2.37. The molecule has 9 nitrogen and oxygen atoms in total. The Morgan fingerprint density at radius 1 is 1.19 bits per heavy atom. The SMILES string of the molecule is CC(C)CC(NC(=O)CNC(=O)C(N)Cc1ccccc1)C(=O)N1CCCC1C(=O)O. The molecule has 1 aromatic carbocycles. The molecule has 31 heavy (non-hydrogen) atoms. The zero-order chi connectivity index (χ0) is 23.0. The highest BCUT2D eigenvalue weighted by Crippen LogP contribution is 2.20. The van der Waals surface area contributed by atoms with Gasteiger partial charge in [-0.25, -0.2) is 4.79 Å². The summed E-state index contributed by atoms with van der Waals surface area (Å²) >= 11 is 0. The van der Waals surface area contributed by atoms with E-state index in [0.29, 0.717) is 32.2 Å². The van der Waals surface area contributed by atoms with Gasteiger partial charge in [0.15, 0.2) is 0 Å². The number of benzene rings is 1. The summed E-state index contributed by atoms with van der Waals surface area (Å²) < 4.78 is 0. The van der Waals surface area contributed by atoms with Crippen molar-refractivity contribution in [2.24, 2.45) is 11.7 Å². The minimum Gasteiger partial charge on any atom is -0.480 e. The number of nitrogens with zero attached hydrogens (tertiary/aromatic N) is 1. The molecule has 0 spiro atoms. The van der Waals surface area contributed by atoms with E-state index in [9.17, 15) is 24.3 Å². The lowest BCUT2D eigenvalue weighted by Crippen LogP contribution is -2.54. The molecule has 1 aliphatic rings. The summed E-state index contributed by atoms with van der Waals surface area (Å²) in [5.41, 5.74) is 6.83. The fourth-order valence-electron chi connectivity index (χ4n) is 3.68. The van der Waals surface area contributed by atoms with E-state index in [0.717, 1.165) is 5.56 Å². The summed E-state index contributed by atoms with van der Waals surface area (Å²) in [6, 6.07) is 6.80. The van der Waals surface area contributed by atoms with E-state index in [4.69, 9.17) is 5.73 Å². The molecule has 0 radical (unpaired) electrons. The Hall–Kier alpha value is -2.94. The van der Waals surface area contributed by atoms with Crippen molar-refractivity contribution in [3.63, 3.8) is 0 Å². The van der Waals surface area contributed by atoms with Crippen LogP contribution in [-0.4, -0.2) is 64.9 Å². The zero-order valence-electron chi connectivity index (χ0n) is 18.0. The Morgan fingerprint density at radius 3 is 2.48 bits per heavy atom. The molecule has 1 aliphatic heterocycles. The fraction of sp³-hybridized carbons (Fsp3) is 0.545. The summed E-state index contributed by atoms with van der Waals surface area (Å²) in [6.07, 6.45) is 1.72. The van der Waals surface area contributed by atoms with Crippen molar-refractivity contribution in [3.05, 3.63) is 35.9 Å². The van der Waals surface area contributed by atoms with E-state index < -0.39 is 41.8 Å². The summed E-state index contributed by atoms with van der Waals surface area (Å²) in [6.45, 7) is 3.86. The van der Waals surface area contributed by atoms with Gasteiger partial charge in [0, 0.05) is 6.54 Å². The van der Waals surface area contributed by atoms with Crippen molar-refractivity contribution >= 4 is 23.7 Å². The fourth-order valence-corrected chi connectivity index (χ4v) is 3.68. The number of nitrogens with one attached hydrogen (secondary N) is 2. The minimum absolute atomic E-state index is 0.106.